The van der Waals surface area contributed by atoms with Crippen LogP contribution in [0.3, 0.4) is 0 Å². The van der Waals surface area contributed by atoms with Crippen LogP contribution in [0.5, 0.6) is 5.88 Å². The molecular weight excluding hydrogens is 262 g/mol. The Morgan fingerprint density at radius 3 is 3.05 bits per heavy atom. The van der Waals surface area contributed by atoms with Crippen molar-refractivity contribution in [2.45, 2.75) is 32.1 Å². The number of anilines is 1. The number of aliphatic hydroxyl groups is 1. The average Bonchev–Trinajstić information content (AvgIpc) is 3.04. The van der Waals surface area contributed by atoms with Crippen LogP contribution in [-0.4, -0.2) is 43.9 Å². The summed E-state index contributed by atoms with van der Waals surface area (Å²) in [6.45, 7) is 2.36. The lowest BCUT2D eigenvalue weighted by atomic mass is 10.2. The summed E-state index contributed by atoms with van der Waals surface area (Å²) in [5.41, 5.74) is 6.87. The highest BCUT2D eigenvalue weighted by atomic mass is 16.5. The van der Waals surface area contributed by atoms with Gasteiger partial charge in [0.25, 0.3) is 0 Å². The van der Waals surface area contributed by atoms with E-state index in [1.54, 1.807) is 6.33 Å². The van der Waals surface area contributed by atoms with Crippen molar-refractivity contribution >= 4 is 17.1 Å². The minimum Gasteiger partial charge on any atom is -0.476 e. The molecule has 3 rings (SSSR count). The molecule has 0 unspecified atom stereocenters. The molecule has 0 amide bonds. The highest BCUT2D eigenvalue weighted by Gasteiger charge is 2.28. The number of nitrogens with two attached hydrogens (primary N) is 1. The summed E-state index contributed by atoms with van der Waals surface area (Å²) in [5.74, 6) is 0.518. The summed E-state index contributed by atoms with van der Waals surface area (Å²) in [6, 6.07) is 0. The van der Waals surface area contributed by atoms with Crippen molar-refractivity contribution in [2.75, 3.05) is 18.9 Å². The molecule has 1 fully saturated rings. The molecule has 2 aromatic rings. The van der Waals surface area contributed by atoms with Crippen LogP contribution in [0.15, 0.2) is 6.33 Å². The van der Waals surface area contributed by atoms with Crippen LogP contribution in [0.2, 0.25) is 0 Å². The molecule has 2 aromatic heterocycles. The third kappa shape index (κ3) is 2.16. The number of imidazole rings is 1. The summed E-state index contributed by atoms with van der Waals surface area (Å²) in [4.78, 5) is 12.6. The van der Waals surface area contributed by atoms with Gasteiger partial charge in [-0.25, -0.2) is 4.98 Å². The Morgan fingerprint density at radius 2 is 2.35 bits per heavy atom. The lowest BCUT2D eigenvalue weighted by molar-refractivity contribution is -0.0207. The first-order valence-electron chi connectivity index (χ1n) is 6.62. The molecule has 8 nitrogen and oxygen atoms in total. The molecule has 1 aliphatic heterocycles. The highest BCUT2D eigenvalue weighted by molar-refractivity contribution is 5.77. The van der Waals surface area contributed by atoms with Gasteiger partial charge in [0.1, 0.15) is 6.23 Å². The third-order valence-corrected chi connectivity index (χ3v) is 3.29. The molecule has 0 saturated carbocycles. The molecule has 1 aliphatic rings. The zero-order chi connectivity index (χ0) is 14.1. The van der Waals surface area contributed by atoms with E-state index in [1.165, 1.54) is 0 Å². The molecule has 2 atom stereocenters. The molecule has 8 heteroatoms. The monoisotopic (exact) mass is 279 g/mol. The van der Waals surface area contributed by atoms with Crippen molar-refractivity contribution in [3.63, 3.8) is 0 Å². The van der Waals surface area contributed by atoms with Crippen LogP contribution in [0.4, 0.5) is 5.95 Å². The molecular formula is C12H17N5O3. The first-order chi connectivity index (χ1) is 9.72. The van der Waals surface area contributed by atoms with Gasteiger partial charge < -0.3 is 20.3 Å². The number of hydrogen-bond acceptors (Lipinski definition) is 7. The summed E-state index contributed by atoms with van der Waals surface area (Å²) in [5, 5.41) is 9.14. The maximum absolute atomic E-state index is 9.14. The Morgan fingerprint density at radius 1 is 1.50 bits per heavy atom. The van der Waals surface area contributed by atoms with Crippen LogP contribution < -0.4 is 10.5 Å². The van der Waals surface area contributed by atoms with E-state index in [2.05, 4.69) is 15.0 Å². The lowest BCUT2D eigenvalue weighted by Crippen LogP contribution is -2.14. The van der Waals surface area contributed by atoms with E-state index in [4.69, 9.17) is 20.3 Å². The Bertz CT molecular complexity index is 614. The van der Waals surface area contributed by atoms with Gasteiger partial charge in [0, 0.05) is 0 Å². The maximum Gasteiger partial charge on any atom is 0.247 e. The van der Waals surface area contributed by atoms with Crippen LogP contribution in [-0.2, 0) is 4.74 Å². The van der Waals surface area contributed by atoms with E-state index in [1.807, 2.05) is 11.5 Å². The summed E-state index contributed by atoms with van der Waals surface area (Å²) in [7, 11) is 0. The van der Waals surface area contributed by atoms with Crippen LogP contribution in [0.1, 0.15) is 26.0 Å². The Hall–Kier alpha value is -1.93. The van der Waals surface area contributed by atoms with Gasteiger partial charge in [0.05, 0.1) is 25.6 Å². The minimum absolute atomic E-state index is 0.0183. The second-order valence-corrected chi connectivity index (χ2v) is 4.62. The minimum atomic E-state index is -0.194. The van der Waals surface area contributed by atoms with Crippen LogP contribution in [0, 0.1) is 0 Å². The van der Waals surface area contributed by atoms with E-state index >= 15 is 0 Å². The van der Waals surface area contributed by atoms with Crippen molar-refractivity contribution in [2.24, 2.45) is 0 Å². The molecule has 0 aromatic carbocycles. The van der Waals surface area contributed by atoms with Gasteiger partial charge in [-0.05, 0) is 19.8 Å². The molecule has 108 valence electrons. The van der Waals surface area contributed by atoms with Gasteiger partial charge in [0.2, 0.25) is 11.8 Å². The fourth-order valence-electron chi connectivity index (χ4n) is 2.38. The number of ether oxygens (including phenoxy) is 2. The number of nitrogen functional groups attached to an aromatic ring is 1. The first-order valence-corrected chi connectivity index (χ1v) is 6.62. The molecule has 0 radical (unpaired) electrons. The summed E-state index contributed by atoms with van der Waals surface area (Å²) in [6.07, 6.45) is 2.92. The normalized spacial score (nSPS) is 22.5. The fraction of sp³-hybridized carbons (Fsp3) is 0.583. The van der Waals surface area contributed by atoms with Crippen molar-refractivity contribution in [3.05, 3.63) is 6.33 Å². The van der Waals surface area contributed by atoms with E-state index in [9.17, 15) is 0 Å². The van der Waals surface area contributed by atoms with E-state index in [-0.39, 0.29) is 24.9 Å². The van der Waals surface area contributed by atoms with Crippen molar-refractivity contribution in [3.8, 4) is 5.88 Å². The Labute approximate surface area is 115 Å². The predicted octanol–water partition coefficient (Wildman–Crippen LogP) is 0.477. The third-order valence-electron chi connectivity index (χ3n) is 3.29. The van der Waals surface area contributed by atoms with Gasteiger partial charge >= 0.3 is 0 Å². The molecule has 3 N–H and O–H groups in total. The smallest absolute Gasteiger partial charge is 0.247 e. The number of aromatic nitrogens is 4. The van der Waals surface area contributed by atoms with Crippen LogP contribution >= 0.6 is 0 Å². The molecule has 0 bridgehead atoms. The van der Waals surface area contributed by atoms with Gasteiger partial charge in [-0.2, -0.15) is 9.97 Å². The summed E-state index contributed by atoms with van der Waals surface area (Å²) >= 11 is 0. The molecule has 1 saturated heterocycles. The molecule has 0 spiro atoms. The maximum atomic E-state index is 9.14. The van der Waals surface area contributed by atoms with Crippen molar-refractivity contribution in [1.29, 1.82) is 0 Å². The van der Waals surface area contributed by atoms with Gasteiger partial charge in [-0.15, -0.1) is 0 Å². The number of nitrogens with zero attached hydrogens (tertiary/aromatic N) is 4. The fourth-order valence-corrected chi connectivity index (χ4v) is 2.38. The zero-order valence-electron chi connectivity index (χ0n) is 11.2. The van der Waals surface area contributed by atoms with Gasteiger partial charge in [-0.1, -0.05) is 0 Å². The van der Waals surface area contributed by atoms with Crippen molar-refractivity contribution < 1.29 is 14.6 Å². The summed E-state index contributed by atoms with van der Waals surface area (Å²) < 4.78 is 13.0. The number of rotatable bonds is 4. The number of fused-ring (bicyclic) bond motifs is 1. The van der Waals surface area contributed by atoms with E-state index in [0.29, 0.717) is 23.7 Å². The van der Waals surface area contributed by atoms with Crippen LogP contribution in [0.25, 0.3) is 11.2 Å². The number of hydrogen-bond donors (Lipinski definition) is 2. The average molecular weight is 279 g/mol. The topological polar surface area (TPSA) is 108 Å². The van der Waals surface area contributed by atoms with E-state index < -0.39 is 0 Å². The van der Waals surface area contributed by atoms with E-state index in [0.717, 1.165) is 12.8 Å². The predicted molar refractivity (Wildman–Crippen MR) is 71.1 cm³/mol. The van der Waals surface area contributed by atoms with Gasteiger partial charge in [0.15, 0.2) is 11.2 Å². The highest BCUT2D eigenvalue weighted by Crippen LogP contribution is 2.32. The zero-order valence-corrected chi connectivity index (χ0v) is 11.2. The standard InChI is InChI=1S/C12H17N5O3/c1-2-19-11-9-10(15-12(13)16-11)17(6-14-9)8-4-3-7(5-18)20-8/h6-8,18H,2-5H2,1H3,(H2,13,15,16)/t7-,8+/m0/s1. The Kier molecular flexibility index (Phi) is 3.41. The quantitative estimate of drug-likeness (QED) is 0.837. The first kappa shape index (κ1) is 13.1. The second kappa shape index (κ2) is 5.22. The Balaban J connectivity index is 2.00. The molecule has 20 heavy (non-hydrogen) atoms. The van der Waals surface area contributed by atoms with Gasteiger partial charge in [-0.3, -0.25) is 4.57 Å². The molecule has 0 aliphatic carbocycles. The SMILES string of the molecule is CCOc1nc(N)nc2c1ncn2[C@H]1CC[C@@H](CO)O1. The van der Waals surface area contributed by atoms with Crippen molar-refractivity contribution in [1.82, 2.24) is 19.5 Å². The lowest BCUT2D eigenvalue weighted by Gasteiger charge is -2.14. The largest absolute Gasteiger partial charge is 0.476 e. The number of aliphatic hydroxyl groups excluding tert-OH is 1. The molecule has 3 heterocycles. The second-order valence-electron chi connectivity index (χ2n) is 4.62.